The van der Waals surface area contributed by atoms with Gasteiger partial charge in [-0.2, -0.15) is 0 Å². The van der Waals surface area contributed by atoms with Crippen molar-refractivity contribution in [1.29, 1.82) is 0 Å². The summed E-state index contributed by atoms with van der Waals surface area (Å²) in [5.74, 6) is -0.0152. The molecule has 0 unspecified atom stereocenters. The van der Waals surface area contributed by atoms with Crippen molar-refractivity contribution < 1.29 is 14.0 Å². The minimum Gasteiger partial charge on any atom is -0.390 e. The molecule has 2 aromatic rings. The van der Waals surface area contributed by atoms with Crippen LogP contribution in [0.25, 0.3) is 0 Å². The fraction of sp³-hybridized carbons (Fsp3) is 0.350. The van der Waals surface area contributed by atoms with Gasteiger partial charge >= 0.3 is 0 Å². The molecule has 4 rings (SSSR count). The number of benzene rings is 1. The Balaban J connectivity index is 1.42. The van der Waals surface area contributed by atoms with Crippen LogP contribution in [0, 0.1) is 11.7 Å². The van der Waals surface area contributed by atoms with Crippen molar-refractivity contribution in [1.82, 2.24) is 9.88 Å². The van der Waals surface area contributed by atoms with Crippen LogP contribution in [0.2, 0.25) is 0 Å². The van der Waals surface area contributed by atoms with Gasteiger partial charge in [-0.15, -0.1) is 0 Å². The molecule has 1 aromatic heterocycles. The fourth-order valence-electron chi connectivity index (χ4n) is 3.09. The first-order valence-electron chi connectivity index (χ1n) is 8.86. The third-order valence-corrected chi connectivity index (χ3v) is 4.64. The molecular formula is C20H20FN3O2. The van der Waals surface area contributed by atoms with Crippen LogP contribution in [0.5, 0.6) is 0 Å². The normalized spacial score (nSPS) is 19.0. The third kappa shape index (κ3) is 3.90. The van der Waals surface area contributed by atoms with Gasteiger partial charge < -0.3 is 9.74 Å². The molecule has 0 N–H and O–H groups in total. The lowest BCUT2D eigenvalue weighted by molar-refractivity contribution is -0.135. The molecule has 5 nitrogen and oxygen atoms in total. The van der Waals surface area contributed by atoms with Gasteiger partial charge in [0, 0.05) is 25.1 Å². The van der Waals surface area contributed by atoms with Gasteiger partial charge in [-0.1, -0.05) is 23.4 Å². The molecule has 0 bridgehead atoms. The summed E-state index contributed by atoms with van der Waals surface area (Å²) in [4.78, 5) is 24.3. The van der Waals surface area contributed by atoms with Gasteiger partial charge in [-0.3, -0.25) is 9.78 Å². The molecule has 0 saturated heterocycles. The van der Waals surface area contributed by atoms with Crippen molar-refractivity contribution in [2.45, 2.75) is 31.9 Å². The van der Waals surface area contributed by atoms with Gasteiger partial charge in [0.05, 0.1) is 12.2 Å². The predicted molar refractivity (Wildman–Crippen MR) is 94.8 cm³/mol. The zero-order chi connectivity index (χ0) is 17.9. The van der Waals surface area contributed by atoms with Crippen LogP contribution in [0.15, 0.2) is 53.8 Å². The number of hydrogen-bond acceptors (Lipinski definition) is 4. The minimum atomic E-state index is -0.277. The van der Waals surface area contributed by atoms with Crippen LogP contribution in [-0.2, 0) is 16.2 Å². The minimum absolute atomic E-state index is 0.119. The molecular weight excluding hydrogens is 333 g/mol. The number of hydrogen-bond donors (Lipinski definition) is 0. The van der Waals surface area contributed by atoms with E-state index in [1.54, 1.807) is 18.3 Å². The number of halogens is 1. The van der Waals surface area contributed by atoms with E-state index in [9.17, 15) is 9.18 Å². The highest BCUT2D eigenvalue weighted by molar-refractivity contribution is 5.99. The summed E-state index contributed by atoms with van der Waals surface area (Å²) in [6.45, 7) is 0.918. The Labute approximate surface area is 151 Å². The largest absolute Gasteiger partial charge is 0.390 e. The Kier molecular flexibility index (Phi) is 4.65. The quantitative estimate of drug-likeness (QED) is 0.802. The van der Waals surface area contributed by atoms with E-state index in [0.29, 0.717) is 19.5 Å². The van der Waals surface area contributed by atoms with Crippen LogP contribution < -0.4 is 0 Å². The smallest absolute Gasteiger partial charge is 0.226 e. The first-order valence-corrected chi connectivity index (χ1v) is 8.86. The van der Waals surface area contributed by atoms with Gasteiger partial charge in [-0.25, -0.2) is 4.39 Å². The molecule has 1 aliphatic carbocycles. The molecule has 1 amide bonds. The van der Waals surface area contributed by atoms with E-state index < -0.39 is 0 Å². The van der Waals surface area contributed by atoms with Gasteiger partial charge in [0.2, 0.25) is 5.91 Å². The highest BCUT2D eigenvalue weighted by Crippen LogP contribution is 2.32. The Bertz CT molecular complexity index is 804. The van der Waals surface area contributed by atoms with Gasteiger partial charge in [0.15, 0.2) is 6.10 Å². The number of nitrogens with zero attached hydrogens (tertiary/aromatic N) is 3. The molecule has 6 heteroatoms. The Morgan fingerprint density at radius 1 is 1.19 bits per heavy atom. The second-order valence-corrected chi connectivity index (χ2v) is 6.80. The molecule has 1 atom stereocenters. The van der Waals surface area contributed by atoms with Crippen molar-refractivity contribution in [3.8, 4) is 0 Å². The number of carbonyl (C=O) groups is 1. The highest BCUT2D eigenvalue weighted by Gasteiger charge is 2.35. The highest BCUT2D eigenvalue weighted by atomic mass is 19.1. The first kappa shape index (κ1) is 16.7. The zero-order valence-electron chi connectivity index (χ0n) is 14.3. The van der Waals surface area contributed by atoms with E-state index in [4.69, 9.17) is 4.84 Å². The second kappa shape index (κ2) is 7.23. The van der Waals surface area contributed by atoms with E-state index in [1.807, 2.05) is 23.1 Å². The lowest BCUT2D eigenvalue weighted by Gasteiger charge is -2.25. The maximum atomic E-state index is 13.1. The zero-order valence-corrected chi connectivity index (χ0v) is 14.3. The molecule has 1 saturated carbocycles. The maximum absolute atomic E-state index is 13.1. The SMILES string of the molecule is O=C(C1CC1)N(Cc1ccc(F)cc1)C[C@H]1CC(c2ccccn2)=NO1. The Morgan fingerprint density at radius 2 is 2.00 bits per heavy atom. The van der Waals surface area contributed by atoms with Crippen molar-refractivity contribution in [3.63, 3.8) is 0 Å². The topological polar surface area (TPSA) is 54.8 Å². The molecule has 0 spiro atoms. The molecule has 0 radical (unpaired) electrons. The monoisotopic (exact) mass is 353 g/mol. The van der Waals surface area contributed by atoms with Gasteiger partial charge in [0.25, 0.3) is 0 Å². The third-order valence-electron chi connectivity index (χ3n) is 4.64. The van der Waals surface area contributed by atoms with Gasteiger partial charge in [0.1, 0.15) is 11.5 Å². The summed E-state index contributed by atoms with van der Waals surface area (Å²) in [5.41, 5.74) is 2.51. The summed E-state index contributed by atoms with van der Waals surface area (Å²) in [7, 11) is 0. The average Bonchev–Trinajstić information content (AvgIpc) is 3.42. The van der Waals surface area contributed by atoms with Crippen molar-refractivity contribution in [2.24, 2.45) is 11.1 Å². The van der Waals surface area contributed by atoms with E-state index in [1.165, 1.54) is 12.1 Å². The average molecular weight is 353 g/mol. The lowest BCUT2D eigenvalue weighted by atomic mass is 10.1. The van der Waals surface area contributed by atoms with Crippen molar-refractivity contribution in [2.75, 3.05) is 6.54 Å². The van der Waals surface area contributed by atoms with Crippen molar-refractivity contribution in [3.05, 3.63) is 65.7 Å². The molecule has 2 aliphatic rings. The fourth-order valence-corrected chi connectivity index (χ4v) is 3.09. The lowest BCUT2D eigenvalue weighted by Crippen LogP contribution is -2.38. The summed E-state index contributed by atoms with van der Waals surface area (Å²) < 4.78 is 13.1. The van der Waals surface area contributed by atoms with Crippen LogP contribution >= 0.6 is 0 Å². The van der Waals surface area contributed by atoms with Crippen molar-refractivity contribution >= 4 is 11.6 Å². The number of amides is 1. The van der Waals surface area contributed by atoms with E-state index in [0.717, 1.165) is 29.8 Å². The molecule has 26 heavy (non-hydrogen) atoms. The van der Waals surface area contributed by atoms with E-state index in [-0.39, 0.29) is 23.7 Å². The number of pyridine rings is 1. The predicted octanol–water partition coefficient (Wildman–Crippen LogP) is 3.15. The second-order valence-electron chi connectivity index (χ2n) is 6.80. The summed E-state index contributed by atoms with van der Waals surface area (Å²) in [5, 5.41) is 4.15. The number of oxime groups is 1. The summed E-state index contributed by atoms with van der Waals surface area (Å²) >= 11 is 0. The molecule has 1 fully saturated rings. The molecule has 1 aliphatic heterocycles. The van der Waals surface area contributed by atoms with Gasteiger partial charge in [-0.05, 0) is 42.7 Å². The Hall–Kier alpha value is -2.76. The summed E-state index contributed by atoms with van der Waals surface area (Å²) in [6.07, 6.45) is 4.05. The van der Waals surface area contributed by atoms with Crippen LogP contribution in [-0.4, -0.2) is 34.2 Å². The molecule has 1 aromatic carbocycles. The molecule has 2 heterocycles. The van der Waals surface area contributed by atoms with Crippen LogP contribution in [0.1, 0.15) is 30.5 Å². The standard InChI is InChI=1S/C20H20FN3O2/c21-16-8-4-14(5-9-16)12-24(20(25)15-6-7-15)13-17-11-19(23-26-17)18-3-1-2-10-22-18/h1-5,8-10,15,17H,6-7,11-13H2/t17-/m1/s1. The van der Waals surface area contributed by atoms with Crippen LogP contribution in [0.3, 0.4) is 0 Å². The number of aromatic nitrogens is 1. The molecule has 134 valence electrons. The number of carbonyl (C=O) groups excluding carboxylic acids is 1. The van der Waals surface area contributed by atoms with E-state index >= 15 is 0 Å². The van der Waals surface area contributed by atoms with Crippen LogP contribution in [0.4, 0.5) is 4.39 Å². The summed E-state index contributed by atoms with van der Waals surface area (Å²) in [6, 6.07) is 11.9. The Morgan fingerprint density at radius 3 is 2.69 bits per heavy atom. The maximum Gasteiger partial charge on any atom is 0.226 e. The number of rotatable bonds is 6. The van der Waals surface area contributed by atoms with E-state index in [2.05, 4.69) is 10.1 Å². The first-order chi connectivity index (χ1) is 12.7.